The van der Waals surface area contributed by atoms with Crippen molar-refractivity contribution >= 4 is 21.5 Å². The fraction of sp³-hybridized carbons (Fsp3) is 0.533. The second kappa shape index (κ2) is 5.67. The minimum absolute atomic E-state index is 0.143. The van der Waals surface area contributed by atoms with Gasteiger partial charge in [0.2, 0.25) is 0 Å². The van der Waals surface area contributed by atoms with Crippen LogP contribution in [0.5, 0.6) is 0 Å². The topological polar surface area (TPSA) is 83.5 Å². The molecule has 0 radical (unpaired) electrons. The number of carboxylic acid groups (broad SMARTS) is 1. The Labute approximate surface area is 125 Å². The molecule has 21 heavy (non-hydrogen) atoms. The highest BCUT2D eigenvalue weighted by Gasteiger charge is 2.41. The molecule has 1 aromatic rings. The van der Waals surface area contributed by atoms with Crippen LogP contribution in [0, 0.1) is 5.92 Å². The molecule has 0 spiro atoms. The van der Waals surface area contributed by atoms with E-state index in [1.807, 2.05) is 0 Å². The second-order valence-corrected chi connectivity index (χ2v) is 7.95. The molecule has 2 rings (SSSR count). The molecule has 6 heteroatoms. The Morgan fingerprint density at radius 3 is 2.38 bits per heavy atom. The van der Waals surface area contributed by atoms with Gasteiger partial charge in [-0.05, 0) is 43.7 Å². The maximum absolute atomic E-state index is 11.8. The molecule has 0 aliphatic heterocycles. The molecule has 0 unspecified atom stereocenters. The predicted octanol–water partition coefficient (Wildman–Crippen LogP) is 2.54. The number of anilines is 1. The summed E-state index contributed by atoms with van der Waals surface area (Å²) in [6, 6.07) is 6.47. The van der Waals surface area contributed by atoms with Crippen molar-refractivity contribution in [3.8, 4) is 0 Å². The Morgan fingerprint density at radius 1 is 1.29 bits per heavy atom. The average Bonchev–Trinajstić information content (AvgIpc) is 2.41. The Kier molecular flexibility index (Phi) is 4.27. The smallest absolute Gasteiger partial charge is 0.329 e. The van der Waals surface area contributed by atoms with Gasteiger partial charge in [0.25, 0.3) is 0 Å². The highest BCUT2D eigenvalue weighted by Crippen LogP contribution is 2.36. The molecular weight excluding hydrogens is 290 g/mol. The fourth-order valence-electron chi connectivity index (χ4n) is 2.80. The van der Waals surface area contributed by atoms with Crippen molar-refractivity contribution in [3.05, 3.63) is 24.3 Å². The molecule has 0 saturated heterocycles. The number of hydrogen-bond acceptors (Lipinski definition) is 4. The second-order valence-electron chi connectivity index (χ2n) is 5.96. The monoisotopic (exact) mass is 311 g/mol. The Morgan fingerprint density at radius 2 is 1.86 bits per heavy atom. The molecule has 0 atom stereocenters. The highest BCUT2D eigenvalue weighted by atomic mass is 32.2. The van der Waals surface area contributed by atoms with Gasteiger partial charge in [-0.1, -0.05) is 19.1 Å². The van der Waals surface area contributed by atoms with Crippen molar-refractivity contribution < 1.29 is 18.3 Å². The first-order valence-corrected chi connectivity index (χ1v) is 8.94. The predicted molar refractivity (Wildman–Crippen MR) is 81.2 cm³/mol. The Hall–Kier alpha value is -1.56. The summed E-state index contributed by atoms with van der Waals surface area (Å²) in [5.74, 6) is -0.415. The molecule has 1 saturated carbocycles. The van der Waals surface area contributed by atoms with Gasteiger partial charge in [0.1, 0.15) is 5.54 Å². The normalized spacial score (nSPS) is 26.3. The minimum Gasteiger partial charge on any atom is -0.480 e. The van der Waals surface area contributed by atoms with Crippen LogP contribution in [0.3, 0.4) is 0 Å². The van der Waals surface area contributed by atoms with Crippen LogP contribution in [0.2, 0.25) is 0 Å². The van der Waals surface area contributed by atoms with E-state index in [9.17, 15) is 18.3 Å². The van der Waals surface area contributed by atoms with Crippen molar-refractivity contribution in [1.29, 1.82) is 0 Å². The summed E-state index contributed by atoms with van der Waals surface area (Å²) in [5, 5.41) is 12.6. The molecule has 1 fully saturated rings. The van der Waals surface area contributed by atoms with Gasteiger partial charge in [0.05, 0.1) is 10.6 Å². The molecule has 1 aliphatic rings. The summed E-state index contributed by atoms with van der Waals surface area (Å²) in [4.78, 5) is 11.9. The summed E-state index contributed by atoms with van der Waals surface area (Å²) in [5.41, 5.74) is -0.704. The average molecular weight is 311 g/mol. The van der Waals surface area contributed by atoms with Crippen LogP contribution in [-0.4, -0.2) is 31.3 Å². The van der Waals surface area contributed by atoms with Crippen LogP contribution >= 0.6 is 0 Å². The Bertz CT molecular complexity index is 631. The first kappa shape index (κ1) is 15.8. The number of aliphatic carboxylic acids is 1. The highest BCUT2D eigenvalue weighted by molar-refractivity contribution is 7.90. The van der Waals surface area contributed by atoms with E-state index in [1.54, 1.807) is 18.2 Å². The fourth-order valence-corrected chi connectivity index (χ4v) is 3.64. The zero-order valence-electron chi connectivity index (χ0n) is 12.3. The van der Waals surface area contributed by atoms with Crippen molar-refractivity contribution in [2.45, 2.75) is 43.0 Å². The van der Waals surface area contributed by atoms with Crippen LogP contribution < -0.4 is 5.32 Å². The molecule has 0 amide bonds. The third-order valence-electron chi connectivity index (χ3n) is 4.20. The summed E-state index contributed by atoms with van der Waals surface area (Å²) in [6.45, 7) is 2.11. The lowest BCUT2D eigenvalue weighted by Crippen LogP contribution is -2.49. The summed E-state index contributed by atoms with van der Waals surface area (Å²) in [7, 11) is -3.40. The number of carboxylic acids is 1. The van der Waals surface area contributed by atoms with E-state index in [0.717, 1.165) is 19.1 Å². The van der Waals surface area contributed by atoms with E-state index in [2.05, 4.69) is 12.2 Å². The molecule has 1 aromatic carbocycles. The lowest BCUT2D eigenvalue weighted by Gasteiger charge is -2.37. The molecule has 5 nitrogen and oxygen atoms in total. The lowest BCUT2D eigenvalue weighted by atomic mass is 9.77. The minimum atomic E-state index is -3.40. The summed E-state index contributed by atoms with van der Waals surface area (Å²) in [6.07, 6.45) is 3.77. The third kappa shape index (κ3) is 3.37. The van der Waals surface area contributed by atoms with E-state index >= 15 is 0 Å². The number of sulfone groups is 1. The van der Waals surface area contributed by atoms with Crippen LogP contribution in [0.15, 0.2) is 29.2 Å². The number of nitrogens with one attached hydrogen (secondary N) is 1. The van der Waals surface area contributed by atoms with Gasteiger partial charge in [-0.25, -0.2) is 13.2 Å². The van der Waals surface area contributed by atoms with E-state index in [-0.39, 0.29) is 4.90 Å². The molecule has 1 aliphatic carbocycles. The van der Waals surface area contributed by atoms with Gasteiger partial charge in [0, 0.05) is 6.26 Å². The number of hydrogen-bond donors (Lipinski definition) is 2. The molecule has 0 bridgehead atoms. The van der Waals surface area contributed by atoms with Crippen LogP contribution in [0.1, 0.15) is 32.6 Å². The van der Waals surface area contributed by atoms with Crippen LogP contribution in [0.25, 0.3) is 0 Å². The molecule has 0 aromatic heterocycles. The zero-order chi connectivity index (χ0) is 15.7. The number of benzene rings is 1. The van der Waals surface area contributed by atoms with Gasteiger partial charge in [-0.2, -0.15) is 0 Å². The van der Waals surface area contributed by atoms with Crippen molar-refractivity contribution in [3.63, 3.8) is 0 Å². The number of para-hydroxylation sites is 1. The van der Waals surface area contributed by atoms with Gasteiger partial charge in [-0.15, -0.1) is 0 Å². The van der Waals surface area contributed by atoms with Crippen molar-refractivity contribution in [2.24, 2.45) is 5.92 Å². The quantitative estimate of drug-likeness (QED) is 0.892. The van der Waals surface area contributed by atoms with Crippen molar-refractivity contribution in [1.82, 2.24) is 0 Å². The standard InChI is InChI=1S/C15H21NO4S/c1-11-7-9-15(10-8-11,14(17)18)16-12-5-3-4-6-13(12)21(2,19)20/h3-6,11,16H,7-10H2,1-2H3,(H,17,18). The summed E-state index contributed by atoms with van der Waals surface area (Å²) >= 11 is 0. The van der Waals surface area contributed by atoms with E-state index < -0.39 is 21.3 Å². The SMILES string of the molecule is CC1CCC(Nc2ccccc2S(C)(=O)=O)(C(=O)O)CC1. The molecule has 116 valence electrons. The van der Waals surface area contributed by atoms with Gasteiger partial charge >= 0.3 is 5.97 Å². The Balaban J connectivity index is 2.37. The van der Waals surface area contributed by atoms with Gasteiger partial charge < -0.3 is 10.4 Å². The van der Waals surface area contributed by atoms with Crippen molar-refractivity contribution in [2.75, 3.05) is 11.6 Å². The molecule has 2 N–H and O–H groups in total. The lowest BCUT2D eigenvalue weighted by molar-refractivity contribution is -0.143. The van der Waals surface area contributed by atoms with E-state index in [4.69, 9.17) is 0 Å². The van der Waals surface area contributed by atoms with Gasteiger partial charge in [0.15, 0.2) is 9.84 Å². The number of carbonyl (C=O) groups is 1. The van der Waals surface area contributed by atoms with E-state index in [1.165, 1.54) is 6.07 Å². The third-order valence-corrected chi connectivity index (χ3v) is 5.35. The maximum Gasteiger partial charge on any atom is 0.329 e. The molecular formula is C15H21NO4S. The summed E-state index contributed by atoms with van der Waals surface area (Å²) < 4.78 is 23.7. The van der Waals surface area contributed by atoms with Crippen LogP contribution in [0.4, 0.5) is 5.69 Å². The molecule has 0 heterocycles. The van der Waals surface area contributed by atoms with Gasteiger partial charge in [-0.3, -0.25) is 0 Å². The first-order chi connectivity index (χ1) is 9.74. The first-order valence-electron chi connectivity index (χ1n) is 7.05. The largest absolute Gasteiger partial charge is 0.480 e. The van der Waals surface area contributed by atoms with E-state index in [0.29, 0.717) is 24.4 Å². The zero-order valence-corrected chi connectivity index (χ0v) is 13.1. The van der Waals surface area contributed by atoms with Crippen LogP contribution in [-0.2, 0) is 14.6 Å². The maximum atomic E-state index is 11.8. The number of rotatable bonds is 4.